The zero-order valence-electron chi connectivity index (χ0n) is 9.95. The molecule has 90 valence electrons. The van der Waals surface area contributed by atoms with E-state index in [0.29, 0.717) is 13.0 Å². The first-order chi connectivity index (χ1) is 8.24. The van der Waals surface area contributed by atoms with E-state index in [1.807, 2.05) is 6.08 Å². The Morgan fingerprint density at radius 3 is 2.88 bits per heavy atom. The third-order valence-electron chi connectivity index (χ3n) is 3.20. The van der Waals surface area contributed by atoms with Crippen molar-refractivity contribution >= 4 is 5.78 Å². The second-order valence-electron chi connectivity index (χ2n) is 4.39. The Bertz CT molecular complexity index is 499. The van der Waals surface area contributed by atoms with E-state index in [4.69, 9.17) is 0 Å². The summed E-state index contributed by atoms with van der Waals surface area (Å²) in [5.74, 6) is 0.170. The van der Waals surface area contributed by atoms with Gasteiger partial charge in [-0.15, -0.1) is 6.58 Å². The summed E-state index contributed by atoms with van der Waals surface area (Å²) in [6.07, 6.45) is 5.95. The van der Waals surface area contributed by atoms with Crippen molar-refractivity contribution in [2.24, 2.45) is 0 Å². The predicted molar refractivity (Wildman–Crippen MR) is 67.4 cm³/mol. The van der Waals surface area contributed by atoms with Gasteiger partial charge in [0.05, 0.1) is 0 Å². The molecule has 0 aliphatic heterocycles. The van der Waals surface area contributed by atoms with Crippen molar-refractivity contribution in [2.45, 2.75) is 38.6 Å². The molecule has 0 aromatic carbocycles. The van der Waals surface area contributed by atoms with Crippen LogP contribution in [0.25, 0.3) is 0 Å². The average Bonchev–Trinajstić information content (AvgIpc) is 2.32. The van der Waals surface area contributed by atoms with Gasteiger partial charge in [0.2, 0.25) is 0 Å². The largest absolute Gasteiger partial charge is 0.312 e. The summed E-state index contributed by atoms with van der Waals surface area (Å²) in [5.41, 5.74) is 1.68. The maximum atomic E-state index is 11.8. The van der Waals surface area contributed by atoms with Crippen LogP contribution in [-0.4, -0.2) is 10.4 Å². The topological polar surface area (TPSA) is 39.1 Å². The number of pyridine rings is 1. The summed E-state index contributed by atoms with van der Waals surface area (Å²) in [5, 5.41) is 0. The monoisotopic (exact) mass is 231 g/mol. The summed E-state index contributed by atoms with van der Waals surface area (Å²) >= 11 is 0. The summed E-state index contributed by atoms with van der Waals surface area (Å²) < 4.78 is 1.76. The molecule has 1 aromatic heterocycles. The second kappa shape index (κ2) is 5.13. The predicted octanol–water partition coefficient (Wildman–Crippen LogP) is 2.33. The minimum absolute atomic E-state index is 0.00233. The van der Waals surface area contributed by atoms with Crippen LogP contribution in [0, 0.1) is 0 Å². The first kappa shape index (κ1) is 11.8. The number of allylic oxidation sites excluding steroid dienone is 1. The van der Waals surface area contributed by atoms with E-state index >= 15 is 0 Å². The SMILES string of the molecule is C=CCCCn1c2c(ccc1=O)C(=O)CCC2. The molecule has 0 saturated heterocycles. The zero-order chi connectivity index (χ0) is 12.3. The maximum absolute atomic E-state index is 11.8. The minimum atomic E-state index is 0.00233. The highest BCUT2D eigenvalue weighted by Gasteiger charge is 2.20. The summed E-state index contributed by atoms with van der Waals surface area (Å²) in [7, 11) is 0. The molecule has 0 fully saturated rings. The van der Waals surface area contributed by atoms with E-state index in [1.165, 1.54) is 6.07 Å². The van der Waals surface area contributed by atoms with Crippen LogP contribution in [0.4, 0.5) is 0 Å². The fraction of sp³-hybridized carbons (Fsp3) is 0.429. The Balaban J connectivity index is 2.36. The van der Waals surface area contributed by atoms with Gasteiger partial charge in [-0.2, -0.15) is 0 Å². The number of carbonyl (C=O) groups is 1. The lowest BCUT2D eigenvalue weighted by atomic mass is 9.94. The molecular formula is C14H17NO2. The first-order valence-corrected chi connectivity index (χ1v) is 6.11. The van der Waals surface area contributed by atoms with E-state index < -0.39 is 0 Å². The van der Waals surface area contributed by atoms with Crippen molar-refractivity contribution in [3.05, 3.63) is 46.4 Å². The van der Waals surface area contributed by atoms with Crippen LogP contribution < -0.4 is 5.56 Å². The molecule has 1 heterocycles. The number of carbonyl (C=O) groups excluding carboxylic acids is 1. The quantitative estimate of drug-likeness (QED) is 0.589. The zero-order valence-corrected chi connectivity index (χ0v) is 9.95. The van der Waals surface area contributed by atoms with Crippen molar-refractivity contribution in [3.8, 4) is 0 Å². The van der Waals surface area contributed by atoms with Crippen molar-refractivity contribution in [1.82, 2.24) is 4.57 Å². The highest BCUT2D eigenvalue weighted by molar-refractivity contribution is 5.97. The Kier molecular flexibility index (Phi) is 3.57. The molecule has 0 saturated carbocycles. The second-order valence-corrected chi connectivity index (χ2v) is 4.39. The number of unbranched alkanes of at least 4 members (excludes halogenated alkanes) is 1. The molecule has 0 radical (unpaired) electrons. The summed E-state index contributed by atoms with van der Waals surface area (Å²) in [4.78, 5) is 23.6. The normalized spacial score (nSPS) is 14.5. The van der Waals surface area contributed by atoms with Crippen molar-refractivity contribution in [2.75, 3.05) is 0 Å². The average molecular weight is 231 g/mol. The number of Topliss-reactive ketones (excluding diaryl/α,β-unsaturated/α-hetero) is 1. The lowest BCUT2D eigenvalue weighted by molar-refractivity contribution is 0.0970. The lowest BCUT2D eigenvalue weighted by Gasteiger charge is -2.19. The third kappa shape index (κ3) is 2.38. The Morgan fingerprint density at radius 2 is 2.12 bits per heavy atom. The van der Waals surface area contributed by atoms with Crippen LogP contribution in [-0.2, 0) is 13.0 Å². The Labute approximate surface area is 101 Å². The van der Waals surface area contributed by atoms with E-state index in [0.717, 1.165) is 36.9 Å². The number of aromatic nitrogens is 1. The molecule has 3 nitrogen and oxygen atoms in total. The van der Waals surface area contributed by atoms with Gasteiger partial charge in [-0.05, 0) is 31.7 Å². The van der Waals surface area contributed by atoms with Crippen molar-refractivity contribution < 1.29 is 4.79 Å². The first-order valence-electron chi connectivity index (χ1n) is 6.11. The molecule has 0 amide bonds. The van der Waals surface area contributed by atoms with Gasteiger partial charge in [-0.25, -0.2) is 0 Å². The number of nitrogens with zero attached hydrogens (tertiary/aromatic N) is 1. The van der Waals surface area contributed by atoms with Crippen LogP contribution in [0.1, 0.15) is 41.7 Å². The molecule has 0 atom stereocenters. The Morgan fingerprint density at radius 1 is 1.29 bits per heavy atom. The van der Waals surface area contributed by atoms with Crippen LogP contribution in [0.5, 0.6) is 0 Å². The molecule has 1 aliphatic carbocycles. The Hall–Kier alpha value is -1.64. The molecule has 2 rings (SSSR count). The van der Waals surface area contributed by atoms with Gasteiger partial charge in [0, 0.05) is 30.3 Å². The number of ketones is 1. The van der Waals surface area contributed by atoms with Gasteiger partial charge in [0.15, 0.2) is 5.78 Å². The maximum Gasteiger partial charge on any atom is 0.250 e. The highest BCUT2D eigenvalue weighted by atomic mass is 16.1. The van der Waals surface area contributed by atoms with E-state index in [1.54, 1.807) is 10.6 Å². The van der Waals surface area contributed by atoms with E-state index in [2.05, 4.69) is 6.58 Å². The number of hydrogen-bond donors (Lipinski definition) is 0. The lowest BCUT2D eigenvalue weighted by Crippen LogP contribution is -2.27. The van der Waals surface area contributed by atoms with Gasteiger partial charge in [0.1, 0.15) is 0 Å². The number of fused-ring (bicyclic) bond motifs is 1. The van der Waals surface area contributed by atoms with E-state index in [-0.39, 0.29) is 11.3 Å². The van der Waals surface area contributed by atoms with Crippen LogP contribution >= 0.6 is 0 Å². The van der Waals surface area contributed by atoms with Gasteiger partial charge < -0.3 is 4.57 Å². The standard InChI is InChI=1S/C14H17NO2/c1-2-3-4-10-15-12-6-5-7-13(16)11(12)8-9-14(15)17/h2,8-9H,1,3-7,10H2. The molecule has 1 aromatic rings. The fourth-order valence-corrected chi connectivity index (χ4v) is 2.33. The minimum Gasteiger partial charge on any atom is -0.312 e. The van der Waals surface area contributed by atoms with Crippen LogP contribution in [0.2, 0.25) is 0 Å². The molecule has 3 heteroatoms. The molecule has 17 heavy (non-hydrogen) atoms. The molecule has 1 aliphatic rings. The number of rotatable bonds is 4. The van der Waals surface area contributed by atoms with Gasteiger partial charge in [-0.1, -0.05) is 6.08 Å². The van der Waals surface area contributed by atoms with Crippen LogP contribution in [0.15, 0.2) is 29.6 Å². The third-order valence-corrected chi connectivity index (χ3v) is 3.20. The molecule has 0 N–H and O–H groups in total. The number of hydrogen-bond acceptors (Lipinski definition) is 2. The fourth-order valence-electron chi connectivity index (χ4n) is 2.33. The van der Waals surface area contributed by atoms with Gasteiger partial charge in [0.25, 0.3) is 5.56 Å². The molecule has 0 spiro atoms. The smallest absolute Gasteiger partial charge is 0.250 e. The molecule has 0 bridgehead atoms. The van der Waals surface area contributed by atoms with E-state index in [9.17, 15) is 9.59 Å². The summed E-state index contributed by atoms with van der Waals surface area (Å²) in [6, 6.07) is 3.19. The molecular weight excluding hydrogens is 214 g/mol. The summed E-state index contributed by atoms with van der Waals surface area (Å²) in [6.45, 7) is 4.35. The van der Waals surface area contributed by atoms with Gasteiger partial charge >= 0.3 is 0 Å². The van der Waals surface area contributed by atoms with Crippen molar-refractivity contribution in [3.63, 3.8) is 0 Å². The van der Waals surface area contributed by atoms with Crippen molar-refractivity contribution in [1.29, 1.82) is 0 Å². The highest BCUT2D eigenvalue weighted by Crippen LogP contribution is 2.19. The van der Waals surface area contributed by atoms with Crippen LogP contribution in [0.3, 0.4) is 0 Å². The molecule has 0 unspecified atom stereocenters. The van der Waals surface area contributed by atoms with Gasteiger partial charge in [-0.3, -0.25) is 9.59 Å².